The zero-order chi connectivity index (χ0) is 18.1. The van der Waals surface area contributed by atoms with Crippen LogP contribution in [0.5, 0.6) is 0 Å². The predicted octanol–water partition coefficient (Wildman–Crippen LogP) is 2.62. The lowest BCUT2D eigenvalue weighted by Gasteiger charge is -2.35. The smallest absolute Gasteiger partial charge is 0.240 e. The fourth-order valence-electron chi connectivity index (χ4n) is 2.84. The Morgan fingerprint density at radius 1 is 1.12 bits per heavy atom. The van der Waals surface area contributed by atoms with E-state index in [1.807, 2.05) is 45.6 Å². The number of sulfonamides is 1. The number of amides is 1. The number of nitrogens with one attached hydrogen (secondary N) is 1. The molecule has 1 saturated heterocycles. The average Bonchev–Trinajstić information content (AvgIpc) is 2.48. The van der Waals surface area contributed by atoms with E-state index in [1.54, 1.807) is 12.1 Å². The van der Waals surface area contributed by atoms with Gasteiger partial charge in [0.05, 0.1) is 4.90 Å². The lowest BCUT2D eigenvalue weighted by Crippen LogP contribution is -2.49. The summed E-state index contributed by atoms with van der Waals surface area (Å²) in [6.07, 6.45) is 1.29. The Morgan fingerprint density at radius 2 is 1.71 bits per heavy atom. The summed E-state index contributed by atoms with van der Waals surface area (Å²) < 4.78 is 27.9. The molecule has 1 aromatic carbocycles. The van der Waals surface area contributed by atoms with Crippen molar-refractivity contribution in [1.29, 1.82) is 0 Å². The van der Waals surface area contributed by atoms with Gasteiger partial charge in [0, 0.05) is 24.5 Å². The molecule has 1 aliphatic rings. The molecule has 0 radical (unpaired) electrons. The van der Waals surface area contributed by atoms with Gasteiger partial charge in [0.1, 0.15) is 0 Å². The van der Waals surface area contributed by atoms with Gasteiger partial charge in [-0.05, 0) is 49.9 Å². The maximum Gasteiger partial charge on any atom is 0.240 e. The summed E-state index contributed by atoms with van der Waals surface area (Å²) >= 11 is 0. The van der Waals surface area contributed by atoms with Crippen molar-refractivity contribution < 1.29 is 13.2 Å². The zero-order valence-corrected chi connectivity index (χ0v) is 16.0. The van der Waals surface area contributed by atoms with Crippen LogP contribution in [0, 0.1) is 19.3 Å². The van der Waals surface area contributed by atoms with Crippen LogP contribution in [-0.4, -0.2) is 38.4 Å². The maximum absolute atomic E-state index is 12.5. The molecular formula is C18H28N2O3S. The molecule has 5 nitrogen and oxygen atoms in total. The van der Waals surface area contributed by atoms with Gasteiger partial charge in [0.15, 0.2) is 0 Å². The second kappa shape index (κ2) is 6.84. The fourth-order valence-corrected chi connectivity index (χ4v) is 4.23. The van der Waals surface area contributed by atoms with Crippen molar-refractivity contribution in [3.63, 3.8) is 0 Å². The van der Waals surface area contributed by atoms with Crippen LogP contribution in [-0.2, 0) is 14.8 Å². The molecule has 1 heterocycles. The number of likely N-dealkylation sites (tertiary alicyclic amines) is 1. The molecule has 1 amide bonds. The molecule has 1 aliphatic heterocycles. The standard InChI is InChI=1S/C18H28N2O3S/c1-13-6-7-16(12-14(13)2)24(22,23)19-15-8-10-20(11-9-15)17(21)18(3,4)5/h6-7,12,15,19H,8-11H2,1-5H3. The van der Waals surface area contributed by atoms with Crippen LogP contribution >= 0.6 is 0 Å². The highest BCUT2D eigenvalue weighted by molar-refractivity contribution is 7.89. The van der Waals surface area contributed by atoms with E-state index < -0.39 is 15.4 Å². The third-order valence-electron chi connectivity index (χ3n) is 4.53. The third kappa shape index (κ3) is 4.36. The summed E-state index contributed by atoms with van der Waals surface area (Å²) in [7, 11) is -3.52. The summed E-state index contributed by atoms with van der Waals surface area (Å²) in [6.45, 7) is 10.8. The van der Waals surface area contributed by atoms with E-state index in [0.717, 1.165) is 11.1 Å². The summed E-state index contributed by atoms with van der Waals surface area (Å²) in [6, 6.07) is 5.05. The summed E-state index contributed by atoms with van der Waals surface area (Å²) in [4.78, 5) is 14.4. The van der Waals surface area contributed by atoms with Crippen LogP contribution < -0.4 is 4.72 Å². The second-order valence-electron chi connectivity index (χ2n) is 7.68. The van der Waals surface area contributed by atoms with Crippen LogP contribution in [0.2, 0.25) is 0 Å². The minimum Gasteiger partial charge on any atom is -0.342 e. The number of piperidine rings is 1. The minimum absolute atomic E-state index is 0.123. The number of hydrogen-bond donors (Lipinski definition) is 1. The number of carbonyl (C=O) groups excluding carboxylic acids is 1. The van der Waals surface area contributed by atoms with E-state index in [-0.39, 0.29) is 11.9 Å². The SMILES string of the molecule is Cc1ccc(S(=O)(=O)NC2CCN(C(=O)C(C)(C)C)CC2)cc1C. The first-order valence-corrected chi connectivity index (χ1v) is 9.88. The highest BCUT2D eigenvalue weighted by Gasteiger charge is 2.31. The monoisotopic (exact) mass is 352 g/mol. The van der Waals surface area contributed by atoms with E-state index in [2.05, 4.69) is 4.72 Å². The third-order valence-corrected chi connectivity index (χ3v) is 6.05. The molecule has 2 rings (SSSR count). The Hall–Kier alpha value is -1.40. The van der Waals surface area contributed by atoms with Gasteiger partial charge >= 0.3 is 0 Å². The van der Waals surface area contributed by atoms with Crippen molar-refractivity contribution >= 4 is 15.9 Å². The van der Waals surface area contributed by atoms with Gasteiger partial charge < -0.3 is 4.90 Å². The van der Waals surface area contributed by atoms with Gasteiger partial charge in [0.25, 0.3) is 0 Å². The second-order valence-corrected chi connectivity index (χ2v) is 9.40. The Labute approximate surface area is 145 Å². The Balaban J connectivity index is 2.00. The van der Waals surface area contributed by atoms with Gasteiger partial charge in [0.2, 0.25) is 15.9 Å². The highest BCUT2D eigenvalue weighted by Crippen LogP contribution is 2.22. The molecule has 1 fully saturated rings. The number of hydrogen-bond acceptors (Lipinski definition) is 3. The van der Waals surface area contributed by atoms with Crippen LogP contribution in [0.1, 0.15) is 44.7 Å². The van der Waals surface area contributed by atoms with Gasteiger partial charge in [-0.3, -0.25) is 4.79 Å². The molecule has 1 N–H and O–H groups in total. The van der Waals surface area contributed by atoms with Gasteiger partial charge in [-0.25, -0.2) is 13.1 Å². The van der Waals surface area contributed by atoms with E-state index in [0.29, 0.717) is 30.8 Å². The fraction of sp³-hybridized carbons (Fsp3) is 0.611. The summed E-state index contributed by atoms with van der Waals surface area (Å²) in [5.41, 5.74) is 1.64. The van der Waals surface area contributed by atoms with Crippen molar-refractivity contribution in [3.05, 3.63) is 29.3 Å². The molecule has 0 saturated carbocycles. The van der Waals surface area contributed by atoms with Crippen LogP contribution in [0.3, 0.4) is 0 Å². The first-order valence-electron chi connectivity index (χ1n) is 8.39. The Morgan fingerprint density at radius 3 is 2.21 bits per heavy atom. The number of carbonyl (C=O) groups is 1. The van der Waals surface area contributed by atoms with Crippen molar-refractivity contribution in [3.8, 4) is 0 Å². The quantitative estimate of drug-likeness (QED) is 0.909. The molecule has 0 aliphatic carbocycles. The predicted molar refractivity (Wildman–Crippen MR) is 95.3 cm³/mol. The van der Waals surface area contributed by atoms with E-state index >= 15 is 0 Å². The first-order chi connectivity index (χ1) is 11.0. The topological polar surface area (TPSA) is 66.5 Å². The van der Waals surface area contributed by atoms with Crippen molar-refractivity contribution in [2.24, 2.45) is 5.41 Å². The summed E-state index contributed by atoms with van der Waals surface area (Å²) in [5.74, 6) is 0.123. The normalized spacial score (nSPS) is 17.1. The van der Waals surface area contributed by atoms with Crippen LogP contribution in [0.4, 0.5) is 0 Å². The summed E-state index contributed by atoms with van der Waals surface area (Å²) in [5, 5.41) is 0. The Kier molecular flexibility index (Phi) is 5.40. The minimum atomic E-state index is -3.52. The van der Waals surface area contributed by atoms with E-state index in [1.165, 1.54) is 0 Å². The van der Waals surface area contributed by atoms with Gasteiger partial charge in [-0.1, -0.05) is 26.8 Å². The lowest BCUT2D eigenvalue weighted by atomic mass is 9.93. The van der Waals surface area contributed by atoms with E-state index in [9.17, 15) is 13.2 Å². The molecule has 0 unspecified atom stereocenters. The van der Waals surface area contributed by atoms with Crippen LogP contribution in [0.15, 0.2) is 23.1 Å². The van der Waals surface area contributed by atoms with Crippen molar-refractivity contribution in [2.45, 2.75) is 58.4 Å². The molecule has 134 valence electrons. The molecule has 24 heavy (non-hydrogen) atoms. The number of nitrogens with zero attached hydrogens (tertiary/aromatic N) is 1. The van der Waals surface area contributed by atoms with Crippen molar-refractivity contribution in [2.75, 3.05) is 13.1 Å². The lowest BCUT2D eigenvalue weighted by molar-refractivity contribution is -0.140. The zero-order valence-electron chi connectivity index (χ0n) is 15.2. The number of benzene rings is 1. The molecule has 1 aromatic rings. The molecule has 0 aromatic heterocycles. The number of aryl methyl sites for hydroxylation is 2. The molecule has 0 bridgehead atoms. The largest absolute Gasteiger partial charge is 0.342 e. The molecule has 6 heteroatoms. The molecule has 0 atom stereocenters. The van der Waals surface area contributed by atoms with Gasteiger partial charge in [-0.2, -0.15) is 0 Å². The molecule has 0 spiro atoms. The average molecular weight is 353 g/mol. The molecular weight excluding hydrogens is 324 g/mol. The number of rotatable bonds is 3. The maximum atomic E-state index is 12.5. The van der Waals surface area contributed by atoms with Crippen molar-refractivity contribution in [1.82, 2.24) is 9.62 Å². The van der Waals surface area contributed by atoms with Crippen LogP contribution in [0.25, 0.3) is 0 Å². The van der Waals surface area contributed by atoms with Gasteiger partial charge in [-0.15, -0.1) is 0 Å². The highest BCUT2D eigenvalue weighted by atomic mass is 32.2. The van der Waals surface area contributed by atoms with E-state index in [4.69, 9.17) is 0 Å². The Bertz CT molecular complexity index is 712. The first kappa shape index (κ1) is 18.9.